The summed E-state index contributed by atoms with van der Waals surface area (Å²) in [7, 11) is -1.30. The van der Waals surface area contributed by atoms with Crippen molar-refractivity contribution in [3.05, 3.63) is 0 Å². The quantitative estimate of drug-likeness (QED) is 0.697. The fourth-order valence-corrected chi connectivity index (χ4v) is 4.48. The molecule has 0 aromatic carbocycles. The van der Waals surface area contributed by atoms with E-state index in [1.807, 2.05) is 0 Å². The Bertz CT molecular complexity index is 343. The van der Waals surface area contributed by atoms with Gasteiger partial charge in [0, 0.05) is 13.1 Å². The van der Waals surface area contributed by atoms with Crippen molar-refractivity contribution in [3.8, 4) is 0 Å². The van der Waals surface area contributed by atoms with Crippen molar-refractivity contribution in [1.29, 1.82) is 0 Å². The molecule has 2 unspecified atom stereocenters. The minimum absolute atomic E-state index is 0.215. The lowest BCUT2D eigenvalue weighted by Gasteiger charge is -2.35. The molecule has 1 aliphatic rings. The first-order valence-corrected chi connectivity index (χ1v) is 9.26. The maximum atomic E-state index is 12.3. The Morgan fingerprint density at radius 2 is 1.89 bits per heavy atom. The summed E-state index contributed by atoms with van der Waals surface area (Å²) >= 11 is 0. The molecule has 1 rings (SSSR count). The van der Waals surface area contributed by atoms with E-state index in [-0.39, 0.29) is 11.8 Å². The van der Waals surface area contributed by atoms with Crippen molar-refractivity contribution < 1.29 is 8.42 Å². The molecule has 0 saturated heterocycles. The van der Waals surface area contributed by atoms with Crippen LogP contribution in [0, 0.1) is 5.92 Å². The number of sulfonamides is 1. The number of hydrogen-bond acceptors (Lipinski definition) is 3. The number of nitrogens with one attached hydrogen (secondary N) is 1. The zero-order valence-electron chi connectivity index (χ0n) is 12.7. The van der Waals surface area contributed by atoms with Crippen LogP contribution < -0.4 is 5.32 Å². The highest BCUT2D eigenvalue weighted by atomic mass is 32.2. The van der Waals surface area contributed by atoms with Gasteiger partial charge in [0.2, 0.25) is 10.0 Å². The van der Waals surface area contributed by atoms with E-state index in [0.717, 1.165) is 45.2 Å². The molecule has 0 aliphatic heterocycles. The van der Waals surface area contributed by atoms with Crippen LogP contribution in [0.3, 0.4) is 0 Å². The Morgan fingerprint density at radius 1 is 1.21 bits per heavy atom. The zero-order chi connectivity index (χ0) is 14.3. The summed E-state index contributed by atoms with van der Waals surface area (Å²) < 4.78 is 26.3. The first kappa shape index (κ1) is 16.9. The summed E-state index contributed by atoms with van der Waals surface area (Å²) in [5.74, 6) is 0.785. The van der Waals surface area contributed by atoms with E-state index in [1.54, 1.807) is 11.4 Å². The normalized spacial score (nSPS) is 24.8. The van der Waals surface area contributed by atoms with Gasteiger partial charge in [-0.05, 0) is 44.7 Å². The van der Waals surface area contributed by atoms with Crippen molar-refractivity contribution in [1.82, 2.24) is 9.62 Å². The molecule has 4 nitrogen and oxygen atoms in total. The molecule has 0 radical (unpaired) electrons. The average Bonchev–Trinajstić information content (AvgIpc) is 2.38. The van der Waals surface area contributed by atoms with E-state index in [0.29, 0.717) is 5.92 Å². The van der Waals surface area contributed by atoms with Crippen LogP contribution in [0.5, 0.6) is 0 Å². The van der Waals surface area contributed by atoms with Crippen LogP contribution in [0.2, 0.25) is 0 Å². The van der Waals surface area contributed by atoms with Gasteiger partial charge in [0.25, 0.3) is 0 Å². The van der Waals surface area contributed by atoms with Gasteiger partial charge < -0.3 is 5.32 Å². The van der Waals surface area contributed by atoms with Crippen LogP contribution in [-0.2, 0) is 10.0 Å². The molecule has 1 saturated carbocycles. The lowest BCUT2D eigenvalue weighted by Crippen LogP contribution is -2.43. The predicted octanol–water partition coefficient (Wildman–Crippen LogP) is 2.22. The third-order valence-corrected chi connectivity index (χ3v) is 6.18. The molecule has 0 amide bonds. The van der Waals surface area contributed by atoms with Crippen molar-refractivity contribution >= 4 is 10.0 Å². The molecule has 0 aromatic heterocycles. The molecule has 2 atom stereocenters. The molecule has 19 heavy (non-hydrogen) atoms. The Balaban J connectivity index is 2.42. The number of hydrogen-bond donors (Lipinski definition) is 1. The molecular weight excluding hydrogens is 260 g/mol. The molecular formula is C14H30N2O2S. The van der Waals surface area contributed by atoms with E-state index >= 15 is 0 Å². The van der Waals surface area contributed by atoms with Crippen molar-refractivity contribution in [3.63, 3.8) is 0 Å². The van der Waals surface area contributed by atoms with Gasteiger partial charge in [0.05, 0.1) is 5.75 Å². The third kappa shape index (κ3) is 5.40. The summed E-state index contributed by atoms with van der Waals surface area (Å²) in [5.41, 5.74) is 0. The Kier molecular flexibility index (Phi) is 7.32. The first-order valence-electron chi connectivity index (χ1n) is 7.65. The van der Waals surface area contributed by atoms with E-state index in [9.17, 15) is 8.42 Å². The van der Waals surface area contributed by atoms with Crippen LogP contribution in [0.1, 0.15) is 52.4 Å². The monoisotopic (exact) mass is 290 g/mol. The average molecular weight is 290 g/mol. The molecule has 0 heterocycles. The second kappa shape index (κ2) is 8.22. The van der Waals surface area contributed by atoms with Gasteiger partial charge in [-0.3, -0.25) is 0 Å². The SMILES string of the molecule is CCNCCCCS(=O)(=O)N(C)C1CCCCC1C. The molecule has 1 N–H and O–H groups in total. The van der Waals surface area contributed by atoms with Crippen LogP contribution >= 0.6 is 0 Å². The predicted molar refractivity (Wildman–Crippen MR) is 80.7 cm³/mol. The fraction of sp³-hybridized carbons (Fsp3) is 1.00. The number of unbranched alkanes of at least 4 members (excludes halogenated alkanes) is 1. The van der Waals surface area contributed by atoms with Crippen LogP contribution in [0.15, 0.2) is 0 Å². The van der Waals surface area contributed by atoms with E-state index in [4.69, 9.17) is 0 Å². The highest BCUT2D eigenvalue weighted by molar-refractivity contribution is 7.89. The van der Waals surface area contributed by atoms with Gasteiger partial charge in [-0.1, -0.05) is 26.7 Å². The van der Waals surface area contributed by atoms with Gasteiger partial charge in [-0.2, -0.15) is 0 Å². The second-order valence-corrected chi connectivity index (χ2v) is 7.87. The molecule has 5 heteroatoms. The molecule has 1 fully saturated rings. The fourth-order valence-electron chi connectivity index (χ4n) is 2.90. The number of rotatable bonds is 8. The zero-order valence-corrected chi connectivity index (χ0v) is 13.5. The standard InChI is InChI=1S/C14H30N2O2S/c1-4-15-11-7-8-12-19(17,18)16(3)14-10-6-5-9-13(14)2/h13-15H,4-12H2,1-3H3. The highest BCUT2D eigenvalue weighted by Crippen LogP contribution is 2.29. The van der Waals surface area contributed by atoms with Gasteiger partial charge in [-0.15, -0.1) is 0 Å². The lowest BCUT2D eigenvalue weighted by molar-refractivity contribution is 0.213. The van der Waals surface area contributed by atoms with Crippen molar-refractivity contribution in [2.75, 3.05) is 25.9 Å². The summed E-state index contributed by atoms with van der Waals surface area (Å²) in [4.78, 5) is 0. The van der Waals surface area contributed by atoms with Gasteiger partial charge in [0.1, 0.15) is 0 Å². The minimum Gasteiger partial charge on any atom is -0.317 e. The summed E-state index contributed by atoms with van der Waals surface area (Å²) in [5, 5.41) is 3.23. The van der Waals surface area contributed by atoms with Crippen molar-refractivity contribution in [2.45, 2.75) is 58.4 Å². The molecule has 1 aliphatic carbocycles. The first-order chi connectivity index (χ1) is 8.99. The summed E-state index contributed by atoms with van der Waals surface area (Å²) in [6.07, 6.45) is 6.27. The van der Waals surface area contributed by atoms with Gasteiger partial charge in [0.15, 0.2) is 0 Å². The van der Waals surface area contributed by atoms with E-state index in [2.05, 4.69) is 19.2 Å². The Hall–Kier alpha value is -0.130. The maximum Gasteiger partial charge on any atom is 0.214 e. The van der Waals surface area contributed by atoms with E-state index in [1.165, 1.54) is 6.42 Å². The largest absolute Gasteiger partial charge is 0.317 e. The molecule has 0 spiro atoms. The second-order valence-electron chi connectivity index (χ2n) is 5.72. The lowest BCUT2D eigenvalue weighted by atomic mass is 9.86. The highest BCUT2D eigenvalue weighted by Gasteiger charge is 2.31. The molecule has 0 bridgehead atoms. The van der Waals surface area contributed by atoms with Gasteiger partial charge >= 0.3 is 0 Å². The number of nitrogens with zero attached hydrogens (tertiary/aromatic N) is 1. The van der Waals surface area contributed by atoms with Gasteiger partial charge in [-0.25, -0.2) is 12.7 Å². The minimum atomic E-state index is -3.07. The Labute approximate surface area is 119 Å². The molecule has 114 valence electrons. The smallest absolute Gasteiger partial charge is 0.214 e. The van der Waals surface area contributed by atoms with Crippen LogP contribution in [0.4, 0.5) is 0 Å². The van der Waals surface area contributed by atoms with Crippen LogP contribution in [-0.4, -0.2) is 44.7 Å². The van der Waals surface area contributed by atoms with Crippen LogP contribution in [0.25, 0.3) is 0 Å². The summed E-state index contributed by atoms with van der Waals surface area (Å²) in [6, 6.07) is 0.215. The molecule has 0 aromatic rings. The summed E-state index contributed by atoms with van der Waals surface area (Å²) in [6.45, 7) is 6.11. The third-order valence-electron chi connectivity index (χ3n) is 4.23. The maximum absolute atomic E-state index is 12.3. The van der Waals surface area contributed by atoms with Crippen molar-refractivity contribution in [2.24, 2.45) is 5.92 Å². The Morgan fingerprint density at radius 3 is 2.53 bits per heavy atom. The van der Waals surface area contributed by atoms with E-state index < -0.39 is 10.0 Å². The topological polar surface area (TPSA) is 49.4 Å².